The number of Topliss-reactive ketones (excluding diaryl/α,β-unsaturated/α-hetero) is 1. The number of aryl methyl sites for hydroxylation is 1. The van der Waals surface area contributed by atoms with E-state index in [4.69, 9.17) is 9.72 Å². The van der Waals surface area contributed by atoms with Crippen LogP contribution in [0.1, 0.15) is 31.7 Å². The van der Waals surface area contributed by atoms with Crippen LogP contribution in [0.25, 0.3) is 17.1 Å². The van der Waals surface area contributed by atoms with E-state index >= 15 is 0 Å². The second-order valence-corrected chi connectivity index (χ2v) is 10.2. The van der Waals surface area contributed by atoms with Crippen LogP contribution in [0.2, 0.25) is 0 Å². The molecule has 0 unspecified atom stereocenters. The van der Waals surface area contributed by atoms with E-state index in [-0.39, 0.29) is 23.2 Å². The van der Waals surface area contributed by atoms with Crippen LogP contribution in [0.4, 0.5) is 5.82 Å². The Hall–Kier alpha value is -3.77. The van der Waals surface area contributed by atoms with Gasteiger partial charge in [-0.3, -0.25) is 14.0 Å². The van der Waals surface area contributed by atoms with Gasteiger partial charge in [0.15, 0.2) is 5.78 Å². The summed E-state index contributed by atoms with van der Waals surface area (Å²) in [6, 6.07) is 6.23. The summed E-state index contributed by atoms with van der Waals surface area (Å²) < 4.78 is 9.51. The summed E-state index contributed by atoms with van der Waals surface area (Å²) in [7, 11) is 1.91. The van der Waals surface area contributed by atoms with E-state index in [1.54, 1.807) is 4.68 Å². The predicted molar refractivity (Wildman–Crippen MR) is 134 cm³/mol. The number of ketones is 1. The number of allylic oxidation sites excluding steroid dienone is 2. The number of anilines is 1. The Balaban J connectivity index is 1.55. The number of ether oxygens (including phenoxy) is 1. The number of morpholine rings is 1. The molecule has 184 valence electrons. The van der Waals surface area contributed by atoms with E-state index in [2.05, 4.69) is 38.6 Å². The van der Waals surface area contributed by atoms with Gasteiger partial charge in [0.05, 0.1) is 36.4 Å². The second kappa shape index (κ2) is 8.42. The maximum absolute atomic E-state index is 12.8. The van der Waals surface area contributed by atoms with Gasteiger partial charge in [-0.25, -0.2) is 9.97 Å². The number of fused-ring (bicyclic) bond motifs is 3. The highest BCUT2D eigenvalue weighted by atomic mass is 16.5. The van der Waals surface area contributed by atoms with Crippen molar-refractivity contribution in [2.45, 2.75) is 32.1 Å². The van der Waals surface area contributed by atoms with Crippen LogP contribution in [0.3, 0.4) is 0 Å². The Labute approximate surface area is 210 Å². The summed E-state index contributed by atoms with van der Waals surface area (Å²) in [5, 5.41) is 14.1. The topological polar surface area (TPSA) is 102 Å². The minimum absolute atomic E-state index is 0.0559. The number of rotatable bonds is 3. The fourth-order valence-corrected chi connectivity index (χ4v) is 6.23. The Kier molecular flexibility index (Phi) is 5.30. The van der Waals surface area contributed by atoms with Crippen LogP contribution in [0.5, 0.6) is 0 Å². The molecule has 3 atom stereocenters. The lowest BCUT2D eigenvalue weighted by Gasteiger charge is -2.44. The molecule has 3 aliphatic rings. The van der Waals surface area contributed by atoms with E-state index < -0.39 is 5.41 Å². The minimum atomic E-state index is -0.506. The maximum Gasteiger partial charge on any atom is 0.176 e. The standard InChI is InChI=1S/C27H29N7O2/c1-17-21-4-5-22-25(27(21,2)13-19(14-28)24(17)35)31-26(34(22)20-15-30-32(3)16-20)18-6-7-29-23(12-18)33-8-10-36-11-9-33/h6-7,12-13,15-17,21H,4-5,8-11H2,1-3H3/t17-,21-,27-/m1/s1. The molecule has 0 N–H and O–H groups in total. The van der Waals surface area contributed by atoms with Crippen molar-refractivity contribution in [3.63, 3.8) is 0 Å². The third kappa shape index (κ3) is 3.39. The van der Waals surface area contributed by atoms with Crippen LogP contribution >= 0.6 is 0 Å². The molecule has 0 saturated carbocycles. The molecule has 1 saturated heterocycles. The third-order valence-electron chi connectivity index (χ3n) is 8.08. The lowest BCUT2D eigenvalue weighted by molar-refractivity contribution is -0.121. The number of hydrogen-bond acceptors (Lipinski definition) is 7. The van der Waals surface area contributed by atoms with Gasteiger partial charge in [0, 0.05) is 55.1 Å². The maximum atomic E-state index is 12.8. The van der Waals surface area contributed by atoms with Gasteiger partial charge in [-0.15, -0.1) is 0 Å². The van der Waals surface area contributed by atoms with Crippen molar-refractivity contribution in [2.24, 2.45) is 18.9 Å². The van der Waals surface area contributed by atoms with Gasteiger partial charge < -0.3 is 9.64 Å². The van der Waals surface area contributed by atoms with Crippen LogP contribution in [0, 0.1) is 23.2 Å². The molecule has 4 heterocycles. The SMILES string of the molecule is C[C@H]1C(=O)C(C#N)=C[C@@]2(C)c3nc(-c4ccnc(N5CCOCC5)c4)n(-c4cnn(C)c4)c3CC[C@H]12. The Morgan fingerprint density at radius 3 is 2.81 bits per heavy atom. The number of hydrogen-bond donors (Lipinski definition) is 0. The number of aromatic nitrogens is 5. The summed E-state index contributed by atoms with van der Waals surface area (Å²) >= 11 is 0. The molecular formula is C27H29N7O2. The zero-order chi connectivity index (χ0) is 25.0. The molecule has 0 spiro atoms. The highest BCUT2D eigenvalue weighted by molar-refractivity contribution is 6.02. The number of carbonyl (C=O) groups excluding carboxylic acids is 1. The normalized spacial score (nSPS) is 25.7. The molecule has 6 rings (SSSR count). The molecular weight excluding hydrogens is 454 g/mol. The van der Waals surface area contributed by atoms with Crippen molar-refractivity contribution in [1.29, 1.82) is 5.26 Å². The van der Waals surface area contributed by atoms with E-state index in [9.17, 15) is 10.1 Å². The van der Waals surface area contributed by atoms with Crippen LogP contribution in [0.15, 0.2) is 42.4 Å². The lowest BCUT2D eigenvalue weighted by Crippen LogP contribution is -2.45. The van der Waals surface area contributed by atoms with Gasteiger partial charge in [0.1, 0.15) is 17.7 Å². The van der Waals surface area contributed by atoms with Crippen LogP contribution in [-0.2, 0) is 28.4 Å². The van der Waals surface area contributed by atoms with E-state index in [1.807, 2.05) is 44.7 Å². The molecule has 2 aliphatic carbocycles. The van der Waals surface area contributed by atoms with Gasteiger partial charge in [-0.2, -0.15) is 10.4 Å². The Morgan fingerprint density at radius 1 is 1.28 bits per heavy atom. The molecule has 1 fully saturated rings. The fourth-order valence-electron chi connectivity index (χ4n) is 6.23. The highest BCUT2D eigenvalue weighted by Crippen LogP contribution is 2.50. The molecule has 1 aliphatic heterocycles. The number of nitriles is 1. The van der Waals surface area contributed by atoms with Gasteiger partial charge in [-0.05, 0) is 30.9 Å². The first-order valence-corrected chi connectivity index (χ1v) is 12.5. The van der Waals surface area contributed by atoms with E-state index in [0.717, 1.165) is 60.2 Å². The number of imidazole rings is 1. The van der Waals surface area contributed by atoms with Crippen molar-refractivity contribution >= 4 is 11.6 Å². The summed E-state index contributed by atoms with van der Waals surface area (Å²) in [4.78, 5) is 25.0. The average Bonchev–Trinajstić information content (AvgIpc) is 3.51. The molecule has 3 aromatic heterocycles. The Bertz CT molecular complexity index is 1420. The van der Waals surface area contributed by atoms with Gasteiger partial charge in [-0.1, -0.05) is 19.9 Å². The second-order valence-electron chi connectivity index (χ2n) is 10.2. The summed E-state index contributed by atoms with van der Waals surface area (Å²) in [6.07, 6.45) is 9.20. The zero-order valence-corrected chi connectivity index (χ0v) is 20.8. The van der Waals surface area contributed by atoms with Crippen molar-refractivity contribution in [2.75, 3.05) is 31.2 Å². The van der Waals surface area contributed by atoms with Crippen molar-refractivity contribution < 1.29 is 9.53 Å². The highest BCUT2D eigenvalue weighted by Gasteiger charge is 2.50. The number of carbonyl (C=O) groups is 1. The molecule has 36 heavy (non-hydrogen) atoms. The first-order chi connectivity index (χ1) is 17.4. The van der Waals surface area contributed by atoms with Crippen molar-refractivity contribution in [1.82, 2.24) is 24.3 Å². The third-order valence-corrected chi connectivity index (χ3v) is 8.08. The number of nitrogens with zero attached hydrogens (tertiary/aromatic N) is 7. The molecule has 3 aromatic rings. The molecule has 0 amide bonds. The number of pyridine rings is 1. The van der Waals surface area contributed by atoms with Crippen LogP contribution in [-0.4, -0.2) is 56.4 Å². The summed E-state index contributed by atoms with van der Waals surface area (Å²) in [6.45, 7) is 7.07. The first-order valence-electron chi connectivity index (χ1n) is 12.5. The minimum Gasteiger partial charge on any atom is -0.378 e. The van der Waals surface area contributed by atoms with Crippen molar-refractivity contribution in [3.05, 3.63) is 53.8 Å². The predicted octanol–water partition coefficient (Wildman–Crippen LogP) is 2.99. The van der Waals surface area contributed by atoms with Crippen LogP contribution < -0.4 is 4.90 Å². The zero-order valence-electron chi connectivity index (χ0n) is 20.8. The smallest absolute Gasteiger partial charge is 0.176 e. The van der Waals surface area contributed by atoms with Gasteiger partial charge >= 0.3 is 0 Å². The monoisotopic (exact) mass is 483 g/mol. The van der Waals surface area contributed by atoms with E-state index in [1.165, 1.54) is 0 Å². The fraction of sp³-hybridized carbons (Fsp3) is 0.444. The first kappa shape index (κ1) is 22.7. The van der Waals surface area contributed by atoms with Gasteiger partial charge in [0.2, 0.25) is 0 Å². The molecule has 9 nitrogen and oxygen atoms in total. The summed E-state index contributed by atoms with van der Waals surface area (Å²) in [5.74, 6) is 1.55. The molecule has 0 aromatic carbocycles. The average molecular weight is 484 g/mol. The quantitative estimate of drug-likeness (QED) is 0.564. The molecule has 0 radical (unpaired) electrons. The largest absolute Gasteiger partial charge is 0.378 e. The molecule has 9 heteroatoms. The Morgan fingerprint density at radius 2 is 2.08 bits per heavy atom. The van der Waals surface area contributed by atoms with E-state index in [0.29, 0.717) is 13.2 Å². The lowest BCUT2D eigenvalue weighted by atomic mass is 9.58. The van der Waals surface area contributed by atoms with Crippen molar-refractivity contribution in [3.8, 4) is 23.1 Å². The summed E-state index contributed by atoms with van der Waals surface area (Å²) in [5.41, 5.74) is 3.69. The molecule has 0 bridgehead atoms. The van der Waals surface area contributed by atoms with Gasteiger partial charge in [0.25, 0.3) is 0 Å².